The average molecular weight is 470 g/mol. The third kappa shape index (κ3) is 3.29. The van der Waals surface area contributed by atoms with Gasteiger partial charge in [0, 0.05) is 17.5 Å². The van der Waals surface area contributed by atoms with Gasteiger partial charge in [0.1, 0.15) is 11.4 Å². The molecule has 2 aliphatic heterocycles. The highest BCUT2D eigenvalue weighted by Gasteiger charge is 2.45. The minimum atomic E-state index is -3.67. The molecule has 9 heteroatoms. The van der Waals surface area contributed by atoms with Gasteiger partial charge in [0.05, 0.1) is 24.3 Å². The number of carbonyl (C=O) groups excluding carboxylic acids is 1. The molecule has 3 aliphatic rings. The third-order valence-electron chi connectivity index (χ3n) is 7.27. The van der Waals surface area contributed by atoms with Gasteiger partial charge in [-0.3, -0.25) is 4.79 Å². The highest BCUT2D eigenvalue weighted by Crippen LogP contribution is 2.47. The fourth-order valence-corrected chi connectivity index (χ4v) is 5.49. The van der Waals surface area contributed by atoms with Crippen LogP contribution in [0.15, 0.2) is 48.9 Å². The summed E-state index contributed by atoms with van der Waals surface area (Å²) in [4.78, 5) is 17.4. The third-order valence-corrected chi connectivity index (χ3v) is 7.27. The van der Waals surface area contributed by atoms with Crippen LogP contribution in [0.5, 0.6) is 11.5 Å². The van der Waals surface area contributed by atoms with Gasteiger partial charge in [0.15, 0.2) is 17.3 Å². The number of ether oxygens (including phenoxy) is 2. The van der Waals surface area contributed by atoms with Crippen LogP contribution in [-0.4, -0.2) is 32.3 Å². The van der Waals surface area contributed by atoms with E-state index in [1.165, 1.54) is 18.2 Å². The molecule has 0 saturated heterocycles. The Morgan fingerprint density at radius 1 is 1.15 bits per heavy atom. The van der Waals surface area contributed by atoms with Crippen LogP contribution in [0.25, 0.3) is 11.3 Å². The summed E-state index contributed by atoms with van der Waals surface area (Å²) in [6.07, 6.45) is 0.976. The number of hydrogen-bond acceptors (Lipinski definition) is 5. The summed E-state index contributed by atoms with van der Waals surface area (Å²) < 4.78 is 52.1. The first-order valence-electron chi connectivity index (χ1n) is 11.2. The van der Waals surface area contributed by atoms with Crippen molar-refractivity contribution in [2.24, 2.45) is 0 Å². The predicted octanol–water partition coefficient (Wildman–Crippen LogP) is 4.96. The van der Waals surface area contributed by atoms with E-state index in [1.807, 2.05) is 0 Å². The Balaban J connectivity index is 1.17. The molecule has 3 aromatic rings. The van der Waals surface area contributed by atoms with Gasteiger partial charge in [-0.15, -0.1) is 8.78 Å². The molecule has 1 atom stereocenters. The molecule has 3 heterocycles. The quantitative estimate of drug-likeness (QED) is 0.584. The summed E-state index contributed by atoms with van der Waals surface area (Å²) in [5.41, 5.74) is 1.18. The van der Waals surface area contributed by atoms with Crippen LogP contribution >= 0.6 is 0 Å². The Morgan fingerprint density at radius 3 is 2.71 bits per heavy atom. The van der Waals surface area contributed by atoms with Crippen LogP contribution in [-0.2, 0) is 4.79 Å². The van der Waals surface area contributed by atoms with Crippen LogP contribution in [0.4, 0.5) is 13.2 Å². The first kappa shape index (κ1) is 21.2. The highest BCUT2D eigenvalue weighted by atomic mass is 19.3. The average Bonchev–Trinajstić information content (AvgIpc) is 3.47. The van der Waals surface area contributed by atoms with E-state index >= 15 is 0 Å². The fraction of sp³-hybridized carbons (Fsp3) is 0.360. The van der Waals surface area contributed by atoms with E-state index in [1.54, 1.807) is 35.3 Å². The van der Waals surface area contributed by atoms with Crippen molar-refractivity contribution in [2.75, 3.05) is 0 Å². The monoisotopic (exact) mass is 470 g/mol. The number of carbonyl (C=O) groups is 1. The number of ketones is 1. The van der Waals surface area contributed by atoms with E-state index in [0.29, 0.717) is 24.0 Å². The molecule has 0 spiro atoms. The minimum absolute atomic E-state index is 0.0129. The number of alkyl halides is 2. The molecule has 0 bridgehead atoms. The number of aliphatic hydroxyl groups is 1. The topological polar surface area (TPSA) is 73.6 Å². The van der Waals surface area contributed by atoms with Crippen LogP contribution in [0.3, 0.4) is 0 Å². The van der Waals surface area contributed by atoms with Crippen molar-refractivity contribution in [1.82, 2.24) is 9.55 Å². The van der Waals surface area contributed by atoms with Gasteiger partial charge >= 0.3 is 6.29 Å². The summed E-state index contributed by atoms with van der Waals surface area (Å²) in [6.45, 7) is 0. The van der Waals surface area contributed by atoms with Crippen molar-refractivity contribution in [3.8, 4) is 22.8 Å². The standard InChI is InChI=1S/C25H21F3N2O4/c26-17-3-1-2-16-19-12-29-13-30(19)18(23(16)17)11-22(31)24(32)8-6-14(7-9-24)15-4-5-20-21(10-15)34-25(27,28)33-20/h1-5,10,12-14,18,32H,6-9,11H2. The molecular weight excluding hydrogens is 449 g/mol. The van der Waals surface area contributed by atoms with Gasteiger partial charge in [0.25, 0.3) is 0 Å². The lowest BCUT2D eigenvalue weighted by Gasteiger charge is -2.35. The van der Waals surface area contributed by atoms with Crippen LogP contribution in [0, 0.1) is 5.82 Å². The molecule has 6 nitrogen and oxygen atoms in total. The number of aromatic nitrogens is 2. The van der Waals surface area contributed by atoms with Gasteiger partial charge in [-0.25, -0.2) is 9.37 Å². The lowest BCUT2D eigenvalue weighted by Crippen LogP contribution is -2.42. The maximum Gasteiger partial charge on any atom is 0.586 e. The second kappa shape index (κ2) is 7.33. The lowest BCUT2D eigenvalue weighted by molar-refractivity contribution is -0.286. The normalized spacial score (nSPS) is 26.2. The van der Waals surface area contributed by atoms with Crippen LogP contribution in [0.1, 0.15) is 55.2 Å². The zero-order chi connectivity index (χ0) is 23.7. The van der Waals surface area contributed by atoms with Crippen molar-refractivity contribution in [1.29, 1.82) is 0 Å². The van der Waals surface area contributed by atoms with E-state index in [-0.39, 0.29) is 48.3 Å². The fourth-order valence-electron chi connectivity index (χ4n) is 5.49. The number of imidazole rings is 1. The Bertz CT molecular complexity index is 1300. The number of Topliss-reactive ketones (excluding diaryl/α,β-unsaturated/α-hetero) is 1. The predicted molar refractivity (Wildman–Crippen MR) is 114 cm³/mol. The summed E-state index contributed by atoms with van der Waals surface area (Å²) in [5.74, 6) is -0.766. The van der Waals surface area contributed by atoms with Crippen molar-refractivity contribution in [3.63, 3.8) is 0 Å². The number of hydrogen-bond donors (Lipinski definition) is 1. The van der Waals surface area contributed by atoms with Gasteiger partial charge in [-0.05, 0) is 55.4 Å². The van der Waals surface area contributed by atoms with E-state index in [0.717, 1.165) is 11.3 Å². The zero-order valence-electron chi connectivity index (χ0n) is 18.0. The molecular formula is C25H21F3N2O4. The molecule has 1 fully saturated rings. The molecule has 0 radical (unpaired) electrons. The van der Waals surface area contributed by atoms with E-state index < -0.39 is 17.9 Å². The SMILES string of the molecule is O=C(CC1c2c(F)cccc2-c2cncn21)C1(O)CCC(c2ccc3c(c2)OC(F)(F)O3)CC1. The second-order valence-corrected chi connectivity index (χ2v) is 9.21. The van der Waals surface area contributed by atoms with Crippen LogP contribution in [0.2, 0.25) is 0 Å². The van der Waals surface area contributed by atoms with Gasteiger partial charge in [-0.2, -0.15) is 0 Å². The molecule has 1 aromatic heterocycles. The minimum Gasteiger partial charge on any atom is -0.395 e. The Hall–Kier alpha value is -3.33. The maximum absolute atomic E-state index is 14.7. The highest BCUT2D eigenvalue weighted by molar-refractivity contribution is 5.88. The second-order valence-electron chi connectivity index (χ2n) is 9.21. The number of fused-ring (bicyclic) bond motifs is 4. The Kier molecular flexibility index (Phi) is 4.58. The number of rotatable bonds is 4. The molecule has 6 rings (SSSR count). The molecule has 1 aliphatic carbocycles. The molecule has 1 N–H and O–H groups in total. The molecule has 1 unspecified atom stereocenters. The molecule has 176 valence electrons. The molecule has 1 saturated carbocycles. The molecule has 0 amide bonds. The summed E-state index contributed by atoms with van der Waals surface area (Å²) in [7, 11) is 0. The Morgan fingerprint density at radius 2 is 1.91 bits per heavy atom. The summed E-state index contributed by atoms with van der Waals surface area (Å²) >= 11 is 0. The summed E-state index contributed by atoms with van der Waals surface area (Å²) in [6, 6.07) is 8.94. The van der Waals surface area contributed by atoms with Crippen molar-refractivity contribution in [2.45, 2.75) is 56.0 Å². The number of benzene rings is 2. The van der Waals surface area contributed by atoms with E-state index in [4.69, 9.17) is 0 Å². The first-order valence-corrected chi connectivity index (χ1v) is 11.2. The van der Waals surface area contributed by atoms with E-state index in [9.17, 15) is 23.1 Å². The van der Waals surface area contributed by atoms with Crippen molar-refractivity contribution in [3.05, 3.63) is 65.9 Å². The van der Waals surface area contributed by atoms with E-state index in [2.05, 4.69) is 14.5 Å². The molecule has 2 aromatic carbocycles. The van der Waals surface area contributed by atoms with Gasteiger partial charge in [-0.1, -0.05) is 18.2 Å². The maximum atomic E-state index is 14.7. The summed E-state index contributed by atoms with van der Waals surface area (Å²) in [5, 5.41) is 11.2. The largest absolute Gasteiger partial charge is 0.586 e. The van der Waals surface area contributed by atoms with Crippen molar-refractivity contribution >= 4 is 5.78 Å². The van der Waals surface area contributed by atoms with Gasteiger partial charge < -0.3 is 19.1 Å². The number of nitrogens with zero attached hydrogens (tertiary/aromatic N) is 2. The van der Waals surface area contributed by atoms with Gasteiger partial charge in [0.2, 0.25) is 0 Å². The smallest absolute Gasteiger partial charge is 0.395 e. The Labute approximate surface area is 192 Å². The van der Waals surface area contributed by atoms with Crippen molar-refractivity contribution < 1.29 is 32.5 Å². The van der Waals surface area contributed by atoms with Crippen LogP contribution < -0.4 is 9.47 Å². The zero-order valence-corrected chi connectivity index (χ0v) is 18.0. The lowest BCUT2D eigenvalue weighted by atomic mass is 9.73. The molecule has 34 heavy (non-hydrogen) atoms. The first-order chi connectivity index (χ1) is 16.2. The number of halogens is 3.